The van der Waals surface area contributed by atoms with Crippen molar-refractivity contribution < 1.29 is 9.59 Å². The van der Waals surface area contributed by atoms with Crippen molar-refractivity contribution in [3.05, 3.63) is 0 Å². The SMILES string of the molecule is CC(C)(C)C1CC2C(=O)C(=O)C3CC(C(C)(C)C)CC3C2C1. The monoisotopic (exact) mass is 304 g/mol. The van der Waals surface area contributed by atoms with Gasteiger partial charge >= 0.3 is 0 Å². The number of fused-ring (bicyclic) bond motifs is 3. The number of hydrogen-bond acceptors (Lipinski definition) is 2. The Balaban J connectivity index is 1.87. The van der Waals surface area contributed by atoms with E-state index < -0.39 is 0 Å². The highest BCUT2D eigenvalue weighted by molar-refractivity contribution is 6.39. The summed E-state index contributed by atoms with van der Waals surface area (Å²) in [6.45, 7) is 13.7. The Kier molecular flexibility index (Phi) is 3.62. The van der Waals surface area contributed by atoms with Gasteiger partial charge in [-0.1, -0.05) is 41.5 Å². The predicted octanol–water partition coefficient (Wildman–Crippen LogP) is 4.52. The molecule has 0 aliphatic heterocycles. The highest BCUT2D eigenvalue weighted by Gasteiger charge is 2.58. The molecule has 22 heavy (non-hydrogen) atoms. The molecule has 3 rings (SSSR count). The van der Waals surface area contributed by atoms with Gasteiger partial charge in [-0.15, -0.1) is 0 Å². The number of Topliss-reactive ketones (excluding diaryl/α,β-unsaturated/α-hetero) is 2. The molecule has 0 N–H and O–H groups in total. The lowest BCUT2D eigenvalue weighted by Crippen LogP contribution is -2.43. The molecule has 0 aromatic rings. The fourth-order valence-electron chi connectivity index (χ4n) is 5.47. The van der Waals surface area contributed by atoms with Crippen LogP contribution in [0.2, 0.25) is 0 Å². The van der Waals surface area contributed by atoms with Gasteiger partial charge in [-0.25, -0.2) is 0 Å². The third kappa shape index (κ3) is 2.47. The van der Waals surface area contributed by atoms with Gasteiger partial charge in [0.25, 0.3) is 0 Å². The molecule has 0 amide bonds. The van der Waals surface area contributed by atoms with Crippen LogP contribution in [0.4, 0.5) is 0 Å². The first-order valence-corrected chi connectivity index (χ1v) is 9.08. The maximum Gasteiger partial charge on any atom is 0.202 e. The summed E-state index contributed by atoms with van der Waals surface area (Å²) in [5.74, 6) is 2.17. The third-order valence-corrected chi connectivity index (χ3v) is 7.14. The second-order valence-corrected chi connectivity index (χ2v) is 10.3. The van der Waals surface area contributed by atoms with Crippen LogP contribution >= 0.6 is 0 Å². The van der Waals surface area contributed by atoms with E-state index in [0.29, 0.717) is 23.7 Å². The van der Waals surface area contributed by atoms with Crippen molar-refractivity contribution in [1.29, 1.82) is 0 Å². The molecule has 0 radical (unpaired) electrons. The molecule has 0 aromatic carbocycles. The van der Waals surface area contributed by atoms with E-state index in [9.17, 15) is 9.59 Å². The van der Waals surface area contributed by atoms with Crippen molar-refractivity contribution in [3.8, 4) is 0 Å². The first-order chi connectivity index (χ1) is 10.00. The minimum atomic E-state index is -0.0208. The Morgan fingerprint density at radius 1 is 0.636 bits per heavy atom. The molecule has 3 aliphatic rings. The minimum absolute atomic E-state index is 0.0208. The maximum absolute atomic E-state index is 12.6. The van der Waals surface area contributed by atoms with Crippen LogP contribution in [-0.2, 0) is 9.59 Å². The molecule has 0 saturated heterocycles. The van der Waals surface area contributed by atoms with Crippen LogP contribution < -0.4 is 0 Å². The van der Waals surface area contributed by atoms with Crippen LogP contribution in [0.5, 0.6) is 0 Å². The molecule has 0 aromatic heterocycles. The van der Waals surface area contributed by atoms with Crippen molar-refractivity contribution in [2.24, 2.45) is 46.3 Å². The molecular weight excluding hydrogens is 272 g/mol. The molecule has 0 spiro atoms. The lowest BCUT2D eigenvalue weighted by molar-refractivity contribution is -0.147. The van der Waals surface area contributed by atoms with Gasteiger partial charge in [0, 0.05) is 11.8 Å². The van der Waals surface area contributed by atoms with Crippen molar-refractivity contribution in [2.75, 3.05) is 0 Å². The Hall–Kier alpha value is -0.660. The van der Waals surface area contributed by atoms with E-state index in [4.69, 9.17) is 0 Å². The summed E-state index contributed by atoms with van der Waals surface area (Å²) in [5.41, 5.74) is 0.496. The number of ketones is 2. The smallest absolute Gasteiger partial charge is 0.202 e. The van der Waals surface area contributed by atoms with Crippen LogP contribution in [0.25, 0.3) is 0 Å². The fraction of sp³-hybridized carbons (Fsp3) is 0.900. The van der Waals surface area contributed by atoms with Gasteiger partial charge in [0.2, 0.25) is 11.6 Å². The molecule has 2 heteroatoms. The van der Waals surface area contributed by atoms with Gasteiger partial charge in [0.05, 0.1) is 0 Å². The van der Waals surface area contributed by atoms with Gasteiger partial charge in [-0.2, -0.15) is 0 Å². The van der Waals surface area contributed by atoms with Gasteiger partial charge in [-0.3, -0.25) is 9.59 Å². The van der Waals surface area contributed by atoms with Crippen molar-refractivity contribution >= 4 is 11.6 Å². The van der Waals surface area contributed by atoms with Gasteiger partial charge in [0.15, 0.2) is 0 Å². The molecule has 3 saturated carbocycles. The Morgan fingerprint density at radius 2 is 0.955 bits per heavy atom. The first kappa shape index (κ1) is 16.2. The molecule has 2 nitrogen and oxygen atoms in total. The number of hydrogen-bond donors (Lipinski definition) is 0. The van der Waals surface area contributed by atoms with Crippen LogP contribution in [0.15, 0.2) is 0 Å². The van der Waals surface area contributed by atoms with Crippen LogP contribution in [-0.4, -0.2) is 11.6 Å². The average molecular weight is 304 g/mol. The molecule has 3 fully saturated rings. The molecule has 6 unspecified atom stereocenters. The zero-order chi connectivity index (χ0) is 16.4. The van der Waals surface area contributed by atoms with E-state index in [1.807, 2.05) is 0 Å². The quantitative estimate of drug-likeness (QED) is 0.617. The summed E-state index contributed by atoms with van der Waals surface area (Å²) >= 11 is 0. The van der Waals surface area contributed by atoms with Crippen LogP contribution in [0.3, 0.4) is 0 Å². The lowest BCUT2D eigenvalue weighted by Gasteiger charge is -2.34. The van der Waals surface area contributed by atoms with E-state index >= 15 is 0 Å². The van der Waals surface area contributed by atoms with Gasteiger partial charge in [-0.05, 0) is 60.2 Å². The molecule has 0 bridgehead atoms. The van der Waals surface area contributed by atoms with Crippen molar-refractivity contribution in [2.45, 2.75) is 67.2 Å². The summed E-state index contributed by atoms with van der Waals surface area (Å²) in [4.78, 5) is 25.3. The lowest BCUT2D eigenvalue weighted by atomic mass is 9.68. The molecule has 3 aliphatic carbocycles. The largest absolute Gasteiger partial charge is 0.291 e. The zero-order valence-corrected chi connectivity index (χ0v) is 15.1. The van der Waals surface area contributed by atoms with Gasteiger partial charge < -0.3 is 0 Å². The Bertz CT molecular complexity index is 445. The van der Waals surface area contributed by atoms with E-state index in [1.165, 1.54) is 0 Å². The standard InChI is InChI=1S/C20H32O2/c1-19(2,3)11-7-13-14-8-12(20(4,5)6)10-16(14)18(22)17(21)15(13)9-11/h11-16H,7-10H2,1-6H3. The first-order valence-electron chi connectivity index (χ1n) is 9.08. The number of carbonyl (C=O) groups is 2. The topological polar surface area (TPSA) is 34.1 Å². The Labute approximate surface area is 135 Å². The number of rotatable bonds is 0. The maximum atomic E-state index is 12.6. The van der Waals surface area contributed by atoms with E-state index in [1.54, 1.807) is 0 Å². The molecular formula is C20H32O2. The van der Waals surface area contributed by atoms with Gasteiger partial charge in [0.1, 0.15) is 0 Å². The molecule has 124 valence electrons. The summed E-state index contributed by atoms with van der Waals surface area (Å²) < 4.78 is 0. The number of carbonyl (C=O) groups excluding carboxylic acids is 2. The highest BCUT2D eigenvalue weighted by atomic mass is 16.2. The van der Waals surface area contributed by atoms with E-state index in [-0.39, 0.29) is 34.2 Å². The van der Waals surface area contributed by atoms with Crippen LogP contribution in [0.1, 0.15) is 67.2 Å². The second-order valence-electron chi connectivity index (χ2n) is 10.3. The van der Waals surface area contributed by atoms with E-state index in [0.717, 1.165) is 25.7 Å². The summed E-state index contributed by atoms with van der Waals surface area (Å²) in [6.07, 6.45) is 4.21. The summed E-state index contributed by atoms with van der Waals surface area (Å²) in [6, 6.07) is 0. The highest BCUT2D eigenvalue weighted by Crippen LogP contribution is 2.58. The summed E-state index contributed by atoms with van der Waals surface area (Å²) in [5, 5.41) is 0. The predicted molar refractivity (Wildman–Crippen MR) is 88.3 cm³/mol. The molecule has 6 atom stereocenters. The van der Waals surface area contributed by atoms with Crippen molar-refractivity contribution in [3.63, 3.8) is 0 Å². The average Bonchev–Trinajstić information content (AvgIpc) is 2.98. The second kappa shape index (κ2) is 4.92. The van der Waals surface area contributed by atoms with Crippen LogP contribution in [0, 0.1) is 46.3 Å². The van der Waals surface area contributed by atoms with Crippen molar-refractivity contribution in [1.82, 2.24) is 0 Å². The summed E-state index contributed by atoms with van der Waals surface area (Å²) in [7, 11) is 0. The fourth-order valence-corrected chi connectivity index (χ4v) is 5.47. The zero-order valence-electron chi connectivity index (χ0n) is 15.1. The minimum Gasteiger partial charge on any atom is -0.291 e. The molecule has 0 heterocycles. The Morgan fingerprint density at radius 3 is 1.23 bits per heavy atom. The normalized spacial score (nSPS) is 42.5. The van der Waals surface area contributed by atoms with E-state index in [2.05, 4.69) is 41.5 Å². The third-order valence-electron chi connectivity index (χ3n) is 7.14.